The van der Waals surface area contributed by atoms with Crippen LogP contribution in [0.4, 0.5) is 4.39 Å². The van der Waals surface area contributed by atoms with Gasteiger partial charge < -0.3 is 4.74 Å². The van der Waals surface area contributed by atoms with E-state index in [0.717, 1.165) is 16.7 Å². The highest BCUT2D eigenvalue weighted by molar-refractivity contribution is 8.26. The number of amides is 1. The molecule has 0 spiro atoms. The minimum atomic E-state index is -0.554. The normalized spacial score (nSPS) is 16.6. The molecule has 0 bridgehead atoms. The van der Waals surface area contributed by atoms with Crippen LogP contribution in [-0.2, 0) is 14.3 Å². The van der Waals surface area contributed by atoms with Gasteiger partial charge in [-0.05, 0) is 32.1 Å². The second-order valence-electron chi connectivity index (χ2n) is 4.94. The van der Waals surface area contributed by atoms with Gasteiger partial charge in [0.25, 0.3) is 5.91 Å². The molecule has 0 aliphatic carbocycles. The summed E-state index contributed by atoms with van der Waals surface area (Å²) in [6, 6.07) is 4.25. The minimum Gasteiger partial charge on any atom is -0.462 e. The monoisotopic (exact) mass is 373 g/mol. The van der Waals surface area contributed by atoms with Crippen molar-refractivity contribution in [2.24, 2.45) is 0 Å². The average Bonchev–Trinajstić information content (AvgIpc) is 2.70. The molecular formula is C15H13ClFNO3S2. The molecule has 1 aromatic rings. The van der Waals surface area contributed by atoms with Crippen molar-refractivity contribution in [3.05, 3.63) is 39.5 Å². The fourth-order valence-electron chi connectivity index (χ4n) is 1.85. The van der Waals surface area contributed by atoms with Crippen LogP contribution >= 0.6 is 35.6 Å². The number of thioether (sulfide) groups is 1. The van der Waals surface area contributed by atoms with E-state index < -0.39 is 17.7 Å². The first-order valence-corrected chi connectivity index (χ1v) is 8.28. The zero-order valence-electron chi connectivity index (χ0n) is 12.3. The second kappa shape index (κ2) is 7.42. The molecule has 0 unspecified atom stereocenters. The fourth-order valence-corrected chi connectivity index (χ4v) is 3.30. The molecular weight excluding hydrogens is 361 g/mol. The molecule has 1 heterocycles. The van der Waals surface area contributed by atoms with E-state index in [1.54, 1.807) is 13.8 Å². The Hall–Kier alpha value is -1.44. The number of rotatable bonds is 4. The number of carbonyl (C=O) groups is 2. The zero-order chi connectivity index (χ0) is 17.1. The molecule has 1 aliphatic rings. The molecule has 23 heavy (non-hydrogen) atoms. The lowest BCUT2D eigenvalue weighted by atomic mass is 10.2. The molecule has 2 rings (SSSR count). The molecule has 1 aromatic carbocycles. The number of halogens is 2. The van der Waals surface area contributed by atoms with Gasteiger partial charge in [-0.1, -0.05) is 41.6 Å². The molecule has 0 saturated carbocycles. The Morgan fingerprint density at radius 1 is 1.52 bits per heavy atom. The summed E-state index contributed by atoms with van der Waals surface area (Å²) < 4.78 is 19.0. The maximum absolute atomic E-state index is 13.8. The molecule has 122 valence electrons. The van der Waals surface area contributed by atoms with Crippen molar-refractivity contribution in [1.29, 1.82) is 0 Å². The first-order valence-electron chi connectivity index (χ1n) is 6.68. The van der Waals surface area contributed by atoms with E-state index >= 15 is 0 Å². The van der Waals surface area contributed by atoms with Gasteiger partial charge in [0.2, 0.25) is 0 Å². The van der Waals surface area contributed by atoms with Crippen LogP contribution in [0.1, 0.15) is 19.4 Å². The topological polar surface area (TPSA) is 46.6 Å². The van der Waals surface area contributed by atoms with Crippen LogP contribution in [0.2, 0.25) is 5.02 Å². The Bertz CT molecular complexity index is 686. The quantitative estimate of drug-likeness (QED) is 0.458. The first kappa shape index (κ1) is 17.9. The second-order valence-corrected chi connectivity index (χ2v) is 7.02. The smallest absolute Gasteiger partial charge is 0.326 e. The third kappa shape index (κ3) is 4.31. The molecule has 0 aromatic heterocycles. The summed E-state index contributed by atoms with van der Waals surface area (Å²) in [6.07, 6.45) is 1.05. The van der Waals surface area contributed by atoms with E-state index in [-0.39, 0.29) is 32.5 Å². The van der Waals surface area contributed by atoms with Crippen LogP contribution in [0.3, 0.4) is 0 Å². The maximum atomic E-state index is 13.8. The Labute approximate surface area is 147 Å². The minimum absolute atomic E-state index is 0.111. The third-order valence-electron chi connectivity index (χ3n) is 2.80. The molecule has 8 heteroatoms. The molecule has 1 fully saturated rings. The number of thiocarbonyl (C=S) groups is 1. The Morgan fingerprint density at radius 2 is 2.22 bits per heavy atom. The third-order valence-corrected chi connectivity index (χ3v) is 4.51. The molecule has 0 atom stereocenters. The predicted octanol–water partition coefficient (Wildman–Crippen LogP) is 3.63. The summed E-state index contributed by atoms with van der Waals surface area (Å²) in [5.74, 6) is -1.57. The van der Waals surface area contributed by atoms with E-state index in [9.17, 15) is 14.0 Å². The van der Waals surface area contributed by atoms with Gasteiger partial charge in [0.05, 0.1) is 16.0 Å². The van der Waals surface area contributed by atoms with Crippen molar-refractivity contribution in [1.82, 2.24) is 4.90 Å². The summed E-state index contributed by atoms with van der Waals surface area (Å²) in [7, 11) is 0. The summed E-state index contributed by atoms with van der Waals surface area (Å²) in [5, 5.41) is 0.189. The SMILES string of the molecule is CC(C)OC(=O)CN1C(=O)C(=Cc2c(F)cccc2Cl)SC1=S. The van der Waals surface area contributed by atoms with Crippen LogP contribution in [-0.4, -0.2) is 33.7 Å². The number of esters is 1. The van der Waals surface area contributed by atoms with Gasteiger partial charge in [0.1, 0.15) is 16.7 Å². The van der Waals surface area contributed by atoms with Gasteiger partial charge in [-0.25, -0.2) is 4.39 Å². The summed E-state index contributed by atoms with van der Waals surface area (Å²) in [6.45, 7) is 3.15. The lowest BCUT2D eigenvalue weighted by Crippen LogP contribution is -2.35. The van der Waals surface area contributed by atoms with Crippen LogP contribution in [0.25, 0.3) is 6.08 Å². The van der Waals surface area contributed by atoms with E-state index in [0.29, 0.717) is 0 Å². The average molecular weight is 374 g/mol. The fraction of sp³-hybridized carbons (Fsp3) is 0.267. The number of nitrogens with zero attached hydrogens (tertiary/aromatic N) is 1. The molecule has 1 amide bonds. The largest absolute Gasteiger partial charge is 0.462 e. The molecule has 1 aliphatic heterocycles. The van der Waals surface area contributed by atoms with E-state index in [2.05, 4.69) is 0 Å². The lowest BCUT2D eigenvalue weighted by molar-refractivity contribution is -0.149. The Morgan fingerprint density at radius 3 is 2.83 bits per heavy atom. The summed E-state index contributed by atoms with van der Waals surface area (Å²) >= 11 is 12.0. The summed E-state index contributed by atoms with van der Waals surface area (Å²) in [4.78, 5) is 25.4. The first-order chi connectivity index (χ1) is 10.8. The maximum Gasteiger partial charge on any atom is 0.326 e. The highest BCUT2D eigenvalue weighted by Crippen LogP contribution is 2.34. The van der Waals surface area contributed by atoms with Gasteiger partial charge in [-0.3, -0.25) is 14.5 Å². The van der Waals surface area contributed by atoms with Crippen molar-refractivity contribution in [3.8, 4) is 0 Å². The van der Waals surface area contributed by atoms with Crippen molar-refractivity contribution in [2.75, 3.05) is 6.54 Å². The lowest BCUT2D eigenvalue weighted by Gasteiger charge is -2.14. The summed E-state index contributed by atoms with van der Waals surface area (Å²) in [5.41, 5.74) is 0.111. The predicted molar refractivity (Wildman–Crippen MR) is 92.5 cm³/mol. The molecule has 0 N–H and O–H groups in total. The van der Waals surface area contributed by atoms with Gasteiger partial charge in [-0.15, -0.1) is 0 Å². The highest BCUT2D eigenvalue weighted by atomic mass is 35.5. The zero-order valence-corrected chi connectivity index (χ0v) is 14.7. The molecule has 0 radical (unpaired) electrons. The van der Waals surface area contributed by atoms with E-state index in [4.69, 9.17) is 28.6 Å². The van der Waals surface area contributed by atoms with Gasteiger partial charge >= 0.3 is 5.97 Å². The Balaban J connectivity index is 2.21. The molecule has 4 nitrogen and oxygen atoms in total. The number of hydrogen-bond donors (Lipinski definition) is 0. The molecule has 1 saturated heterocycles. The highest BCUT2D eigenvalue weighted by Gasteiger charge is 2.34. The van der Waals surface area contributed by atoms with Crippen molar-refractivity contribution in [2.45, 2.75) is 20.0 Å². The van der Waals surface area contributed by atoms with Crippen LogP contribution in [0.5, 0.6) is 0 Å². The van der Waals surface area contributed by atoms with Gasteiger partial charge in [0, 0.05) is 5.56 Å². The number of benzene rings is 1. The van der Waals surface area contributed by atoms with Gasteiger partial charge in [0.15, 0.2) is 0 Å². The Kier molecular flexibility index (Phi) is 5.78. The number of hydrogen-bond acceptors (Lipinski definition) is 5. The number of ether oxygens (including phenoxy) is 1. The van der Waals surface area contributed by atoms with E-state index in [1.807, 2.05) is 0 Å². The van der Waals surface area contributed by atoms with Crippen molar-refractivity contribution >= 4 is 57.9 Å². The standard InChI is InChI=1S/C15H13ClFNO3S2/c1-8(2)21-13(19)7-18-14(20)12(23-15(18)22)6-9-10(16)4-3-5-11(9)17/h3-6,8H,7H2,1-2H3. The van der Waals surface area contributed by atoms with Crippen LogP contribution in [0.15, 0.2) is 23.1 Å². The van der Waals surface area contributed by atoms with Gasteiger partial charge in [-0.2, -0.15) is 0 Å². The van der Waals surface area contributed by atoms with Crippen LogP contribution in [0, 0.1) is 5.82 Å². The van der Waals surface area contributed by atoms with Crippen molar-refractivity contribution in [3.63, 3.8) is 0 Å². The number of carbonyl (C=O) groups excluding carboxylic acids is 2. The van der Waals surface area contributed by atoms with E-state index in [1.165, 1.54) is 24.3 Å². The van der Waals surface area contributed by atoms with Crippen LogP contribution < -0.4 is 0 Å². The van der Waals surface area contributed by atoms with Crippen molar-refractivity contribution < 1.29 is 18.7 Å².